The topological polar surface area (TPSA) is 60.4 Å². The van der Waals surface area contributed by atoms with Crippen LogP contribution in [-0.2, 0) is 11.1 Å². The predicted octanol–water partition coefficient (Wildman–Crippen LogP) is -0.0341. The number of hydrogen-bond donors (Lipinski definition) is 1. The largest absolute Gasteiger partial charge is 0.767 e. The molecule has 6 heteroatoms. The van der Waals surface area contributed by atoms with Gasteiger partial charge in [-0.3, -0.25) is 4.21 Å². The lowest BCUT2D eigenvalue weighted by molar-refractivity contribution is 0.291. The van der Waals surface area contributed by atoms with Gasteiger partial charge in [-0.25, -0.2) is 4.39 Å². The fourth-order valence-electron chi connectivity index (χ4n) is 0.153. The van der Waals surface area contributed by atoms with E-state index in [0.717, 1.165) is 0 Å². The molecule has 0 aromatic heterocycles. The molecule has 1 unspecified atom stereocenters. The lowest BCUT2D eigenvalue weighted by Crippen LogP contribution is -1.93. The minimum absolute atomic E-state index is 1.24. The van der Waals surface area contributed by atoms with Gasteiger partial charge in [0.2, 0.25) is 5.16 Å². The van der Waals surface area contributed by atoms with E-state index in [1.54, 1.807) is 0 Å². The minimum Gasteiger partial charge on any atom is -0.767 e. The monoisotopic (exact) mass is 157 g/mol. The summed E-state index contributed by atoms with van der Waals surface area (Å²) in [6.07, 6.45) is 0. The van der Waals surface area contributed by atoms with E-state index in [1.807, 2.05) is 0 Å². The predicted molar refractivity (Wildman–Crippen MR) is 25.2 cm³/mol. The summed E-state index contributed by atoms with van der Waals surface area (Å²) in [5, 5.41) is 5.86. The zero-order valence-corrected chi connectivity index (χ0v) is 4.95. The fourth-order valence-corrected chi connectivity index (χ4v) is 0.398. The van der Waals surface area contributed by atoms with Crippen LogP contribution in [0.3, 0.4) is 0 Å². The van der Waals surface area contributed by atoms with Crippen LogP contribution in [0.4, 0.5) is 8.78 Å². The van der Waals surface area contributed by atoms with E-state index in [-0.39, 0.29) is 0 Å². The van der Waals surface area contributed by atoms with E-state index in [0.29, 0.717) is 0 Å². The van der Waals surface area contributed by atoms with Crippen molar-refractivity contribution in [3.63, 3.8) is 0 Å². The number of aliphatic hydroxyl groups excluding tert-OH is 1. The van der Waals surface area contributed by atoms with E-state index in [2.05, 4.69) is 0 Å². The number of aliphatic hydroxyl groups is 1. The summed E-state index contributed by atoms with van der Waals surface area (Å²) in [6, 6.07) is 0. The van der Waals surface area contributed by atoms with Gasteiger partial charge in [0.05, 0.1) is 6.61 Å². The standard InChI is InChI=1S/C3H4F2O3S/c4-2(1-6)3(5)9(7)8/h6H,1H2,(H,7,8)/p-1/b3-2+. The van der Waals surface area contributed by atoms with Gasteiger partial charge in [-0.1, -0.05) is 0 Å². The van der Waals surface area contributed by atoms with Crippen molar-refractivity contribution in [1.29, 1.82) is 0 Å². The molecule has 0 saturated carbocycles. The molecular weight excluding hydrogens is 154 g/mol. The molecule has 54 valence electrons. The molecule has 0 amide bonds. The molecule has 0 spiro atoms. The smallest absolute Gasteiger partial charge is 0.207 e. The number of halogens is 2. The second-order valence-electron chi connectivity index (χ2n) is 1.07. The summed E-state index contributed by atoms with van der Waals surface area (Å²) in [7, 11) is 0. The van der Waals surface area contributed by atoms with Crippen LogP contribution in [0.15, 0.2) is 11.0 Å². The molecule has 0 bridgehead atoms. The van der Waals surface area contributed by atoms with Gasteiger partial charge in [0.1, 0.15) is 0 Å². The van der Waals surface area contributed by atoms with Crippen molar-refractivity contribution in [3.8, 4) is 0 Å². The van der Waals surface area contributed by atoms with E-state index < -0.39 is 28.7 Å². The Morgan fingerprint density at radius 1 is 1.67 bits per heavy atom. The van der Waals surface area contributed by atoms with Crippen molar-refractivity contribution in [3.05, 3.63) is 11.0 Å². The summed E-state index contributed by atoms with van der Waals surface area (Å²) >= 11 is -3.21. The fraction of sp³-hybridized carbons (Fsp3) is 0.333. The highest BCUT2D eigenvalue weighted by Gasteiger charge is 2.03. The Hall–Kier alpha value is -0.330. The summed E-state index contributed by atoms with van der Waals surface area (Å²) in [6.45, 7) is -1.24. The van der Waals surface area contributed by atoms with Crippen molar-refractivity contribution in [2.45, 2.75) is 0 Å². The molecule has 0 heterocycles. The van der Waals surface area contributed by atoms with Gasteiger partial charge in [-0.2, -0.15) is 4.39 Å². The van der Waals surface area contributed by atoms with E-state index in [9.17, 15) is 17.5 Å². The maximum absolute atomic E-state index is 11.7. The lowest BCUT2D eigenvalue weighted by Gasteiger charge is -1.99. The molecule has 1 atom stereocenters. The SMILES string of the molecule is O=S([O-])/C(F)=C(/F)CO. The molecule has 0 aromatic carbocycles. The summed E-state index contributed by atoms with van der Waals surface area (Å²) in [5.74, 6) is -1.68. The zero-order valence-electron chi connectivity index (χ0n) is 4.13. The zero-order chi connectivity index (χ0) is 7.44. The summed E-state index contributed by atoms with van der Waals surface area (Å²) < 4.78 is 42.3. The highest BCUT2D eigenvalue weighted by molar-refractivity contribution is 7.83. The van der Waals surface area contributed by atoms with Crippen LogP contribution >= 0.6 is 0 Å². The highest BCUT2D eigenvalue weighted by atomic mass is 32.2. The number of rotatable bonds is 2. The molecule has 0 aliphatic heterocycles. The van der Waals surface area contributed by atoms with Crippen molar-refractivity contribution in [1.82, 2.24) is 0 Å². The molecular formula is C3H3F2O3S-. The third-order valence-electron chi connectivity index (χ3n) is 0.498. The second-order valence-corrected chi connectivity index (χ2v) is 1.90. The van der Waals surface area contributed by atoms with Crippen molar-refractivity contribution < 1.29 is 22.6 Å². The Morgan fingerprint density at radius 3 is 2.22 bits per heavy atom. The van der Waals surface area contributed by atoms with E-state index in [4.69, 9.17) is 5.11 Å². The number of hydrogen-bond acceptors (Lipinski definition) is 3. The molecule has 0 radical (unpaired) electrons. The van der Waals surface area contributed by atoms with Gasteiger partial charge in [0, 0.05) is 11.1 Å². The molecule has 0 rings (SSSR count). The first-order valence-electron chi connectivity index (χ1n) is 1.84. The highest BCUT2D eigenvalue weighted by Crippen LogP contribution is 2.08. The Kier molecular flexibility index (Phi) is 3.52. The second kappa shape index (κ2) is 3.65. The van der Waals surface area contributed by atoms with Gasteiger partial charge in [0.15, 0.2) is 5.83 Å². The van der Waals surface area contributed by atoms with Gasteiger partial charge in [0.25, 0.3) is 0 Å². The van der Waals surface area contributed by atoms with Crippen LogP contribution in [-0.4, -0.2) is 20.5 Å². The molecule has 0 aliphatic carbocycles. The molecule has 1 N–H and O–H groups in total. The Labute approximate surface area is 52.3 Å². The Bertz CT molecular complexity index is 155. The molecule has 3 nitrogen and oxygen atoms in total. The van der Waals surface area contributed by atoms with Crippen LogP contribution < -0.4 is 0 Å². The third-order valence-corrected chi connectivity index (χ3v) is 1.01. The first kappa shape index (κ1) is 8.67. The van der Waals surface area contributed by atoms with E-state index >= 15 is 0 Å². The van der Waals surface area contributed by atoms with Gasteiger partial charge < -0.3 is 9.66 Å². The normalized spacial score (nSPS) is 16.9. The maximum atomic E-state index is 11.7. The van der Waals surface area contributed by atoms with Crippen LogP contribution in [0, 0.1) is 0 Å². The third kappa shape index (κ3) is 2.64. The summed E-state index contributed by atoms with van der Waals surface area (Å²) in [5.41, 5.74) is 0. The van der Waals surface area contributed by atoms with Crippen LogP contribution in [0.2, 0.25) is 0 Å². The Morgan fingerprint density at radius 2 is 2.11 bits per heavy atom. The lowest BCUT2D eigenvalue weighted by atomic mass is 10.6. The van der Waals surface area contributed by atoms with Gasteiger partial charge >= 0.3 is 0 Å². The van der Waals surface area contributed by atoms with Crippen LogP contribution in [0.25, 0.3) is 0 Å². The van der Waals surface area contributed by atoms with Gasteiger partial charge in [-0.05, 0) is 0 Å². The quantitative estimate of drug-likeness (QED) is 0.572. The van der Waals surface area contributed by atoms with Gasteiger partial charge in [-0.15, -0.1) is 0 Å². The first-order valence-corrected chi connectivity index (χ1v) is 2.91. The molecule has 9 heavy (non-hydrogen) atoms. The van der Waals surface area contributed by atoms with Crippen molar-refractivity contribution >= 4 is 11.1 Å². The molecule has 0 fully saturated rings. The van der Waals surface area contributed by atoms with Crippen LogP contribution in [0.5, 0.6) is 0 Å². The van der Waals surface area contributed by atoms with E-state index in [1.165, 1.54) is 0 Å². The Balaban J connectivity index is 4.28. The average Bonchev–Trinajstić information content (AvgIpc) is 1.84. The molecule has 0 aromatic rings. The molecule has 0 aliphatic rings. The van der Waals surface area contributed by atoms with Crippen molar-refractivity contribution in [2.24, 2.45) is 0 Å². The average molecular weight is 157 g/mol. The van der Waals surface area contributed by atoms with Crippen molar-refractivity contribution in [2.75, 3.05) is 6.61 Å². The summed E-state index contributed by atoms with van der Waals surface area (Å²) in [4.78, 5) is 0. The maximum Gasteiger partial charge on any atom is 0.207 e. The molecule has 0 saturated heterocycles. The first-order chi connectivity index (χ1) is 4.09. The minimum atomic E-state index is -3.21. The van der Waals surface area contributed by atoms with Crippen LogP contribution in [0.1, 0.15) is 0 Å².